The molecular weight excluding hydrogens is 554 g/mol. The second-order valence-electron chi connectivity index (χ2n) is 11.2. The summed E-state index contributed by atoms with van der Waals surface area (Å²) in [5.74, 6) is -0.545. The summed E-state index contributed by atoms with van der Waals surface area (Å²) in [6.45, 7) is 11.3. The van der Waals surface area contributed by atoms with Gasteiger partial charge in [0.15, 0.2) is 0 Å². The maximum atomic E-state index is 13.2. The van der Waals surface area contributed by atoms with E-state index in [2.05, 4.69) is 10.6 Å². The first-order chi connectivity index (χ1) is 20.3. The molecule has 0 aromatic heterocycles. The minimum atomic E-state index is -1.00. The molecule has 0 unspecified atom stereocenters. The SMILES string of the molecule is CCCNc1c(O)c(C)c2c(O)c1C[C@@H](C)C[C@H](OC)[C@H](O)/C(C)=C/C(C)=C(/OC(N)=O)[C@@H](OC)CC/C=C(/C)C(=O)N2. The number of rotatable bonds is 6. The number of methoxy groups -OCH3 is 2. The number of carbonyl (C=O) groups excluding carboxylic acids is 2. The zero-order valence-corrected chi connectivity index (χ0v) is 26.7. The molecule has 0 aliphatic carbocycles. The standard InChI is InChI=1S/C32H49N3O8/c1-9-13-34-26-22-14-17(2)15-24(42-8)27(36)19(4)16-20(5)30(43-32(33)40)23(41-7)12-10-11-18(3)31(39)35-25(29(22)38)21(6)28(26)37/h11,16-17,23-24,27,34,36-38H,9-10,12-15H2,1-8H3,(H2,33,40)(H,35,39)/b18-11-,19-16+,30-20+/t17-,23+,24+,27-/m1/s1. The number of ether oxygens (including phenoxy) is 3. The number of carbonyl (C=O) groups is 2. The molecule has 43 heavy (non-hydrogen) atoms. The summed E-state index contributed by atoms with van der Waals surface area (Å²) in [4.78, 5) is 25.0. The molecule has 1 heterocycles. The number of benzene rings is 1. The number of primary amides is 1. The van der Waals surface area contributed by atoms with Gasteiger partial charge in [0.05, 0.1) is 17.5 Å². The van der Waals surface area contributed by atoms with Crippen molar-refractivity contribution in [2.75, 3.05) is 31.4 Å². The van der Waals surface area contributed by atoms with Gasteiger partial charge in [0.1, 0.15) is 29.5 Å². The molecule has 1 aromatic carbocycles. The molecule has 1 aliphatic heterocycles. The number of hydrogen-bond donors (Lipinski definition) is 6. The van der Waals surface area contributed by atoms with Gasteiger partial charge in [-0.1, -0.05) is 26.0 Å². The van der Waals surface area contributed by atoms with Gasteiger partial charge in [-0.2, -0.15) is 0 Å². The third-order valence-corrected chi connectivity index (χ3v) is 7.75. The van der Waals surface area contributed by atoms with Crippen LogP contribution in [0.25, 0.3) is 0 Å². The van der Waals surface area contributed by atoms with Crippen LogP contribution in [0.3, 0.4) is 0 Å². The van der Waals surface area contributed by atoms with E-state index >= 15 is 0 Å². The van der Waals surface area contributed by atoms with Crippen molar-refractivity contribution in [3.63, 3.8) is 0 Å². The fraction of sp³-hybridized carbons (Fsp3) is 0.562. The van der Waals surface area contributed by atoms with Gasteiger partial charge >= 0.3 is 6.09 Å². The summed E-state index contributed by atoms with van der Waals surface area (Å²) in [5.41, 5.74) is 8.20. The van der Waals surface area contributed by atoms with Gasteiger partial charge in [-0.25, -0.2) is 4.79 Å². The number of anilines is 2. The number of aliphatic hydroxyl groups is 1. The summed E-state index contributed by atoms with van der Waals surface area (Å²) in [6, 6.07) is 0. The third-order valence-electron chi connectivity index (χ3n) is 7.75. The lowest BCUT2D eigenvalue weighted by molar-refractivity contribution is -0.112. The van der Waals surface area contributed by atoms with Crippen molar-refractivity contribution in [1.29, 1.82) is 0 Å². The minimum Gasteiger partial charge on any atom is -0.505 e. The number of phenols is 2. The Kier molecular flexibility index (Phi) is 13.6. The predicted molar refractivity (Wildman–Crippen MR) is 167 cm³/mol. The largest absolute Gasteiger partial charge is 0.505 e. The monoisotopic (exact) mass is 603 g/mol. The fourth-order valence-electron chi connectivity index (χ4n) is 5.28. The molecule has 2 bridgehead atoms. The second-order valence-corrected chi connectivity index (χ2v) is 11.2. The van der Waals surface area contributed by atoms with Gasteiger partial charge in [-0.05, 0) is 76.9 Å². The van der Waals surface area contributed by atoms with Gasteiger partial charge in [-0.3, -0.25) is 4.79 Å². The summed E-state index contributed by atoms with van der Waals surface area (Å²) < 4.78 is 16.7. The quantitative estimate of drug-likeness (QED) is 0.189. The molecule has 7 N–H and O–H groups in total. The molecule has 0 saturated heterocycles. The van der Waals surface area contributed by atoms with E-state index < -0.39 is 30.3 Å². The maximum absolute atomic E-state index is 13.2. The normalized spacial score (nSPS) is 27.0. The van der Waals surface area contributed by atoms with Crippen LogP contribution in [0, 0.1) is 12.8 Å². The van der Waals surface area contributed by atoms with E-state index in [9.17, 15) is 24.9 Å². The first-order valence-corrected chi connectivity index (χ1v) is 14.7. The van der Waals surface area contributed by atoms with Gasteiger partial charge < -0.3 is 45.9 Å². The van der Waals surface area contributed by atoms with Crippen LogP contribution in [-0.2, 0) is 25.4 Å². The Bertz CT molecular complexity index is 1250. The van der Waals surface area contributed by atoms with Crippen LogP contribution in [0.1, 0.15) is 71.4 Å². The van der Waals surface area contributed by atoms with Crippen molar-refractivity contribution >= 4 is 23.4 Å². The fourth-order valence-corrected chi connectivity index (χ4v) is 5.28. The second kappa shape index (κ2) is 16.3. The number of fused-ring (bicyclic) bond motifs is 2. The molecule has 0 fully saturated rings. The lowest BCUT2D eigenvalue weighted by atomic mass is 9.89. The van der Waals surface area contributed by atoms with Crippen LogP contribution in [-0.4, -0.2) is 66.4 Å². The van der Waals surface area contributed by atoms with Crippen molar-refractivity contribution in [1.82, 2.24) is 0 Å². The van der Waals surface area contributed by atoms with Crippen LogP contribution < -0.4 is 16.4 Å². The average molecular weight is 604 g/mol. The predicted octanol–water partition coefficient (Wildman–Crippen LogP) is 5.18. The van der Waals surface area contributed by atoms with Crippen LogP contribution in [0.2, 0.25) is 0 Å². The van der Waals surface area contributed by atoms with Gasteiger partial charge in [-0.15, -0.1) is 0 Å². The van der Waals surface area contributed by atoms with E-state index in [4.69, 9.17) is 19.9 Å². The third kappa shape index (κ3) is 9.22. The lowest BCUT2D eigenvalue weighted by Crippen LogP contribution is -2.31. The Labute approximate surface area is 254 Å². The van der Waals surface area contributed by atoms with Gasteiger partial charge in [0, 0.05) is 37.5 Å². The Balaban J connectivity index is 2.71. The highest BCUT2D eigenvalue weighted by Gasteiger charge is 2.28. The molecule has 11 nitrogen and oxygen atoms in total. The van der Waals surface area contributed by atoms with Crippen LogP contribution >= 0.6 is 0 Å². The highest BCUT2D eigenvalue weighted by Crippen LogP contribution is 2.46. The van der Waals surface area contributed by atoms with Crippen LogP contribution in [0.5, 0.6) is 11.5 Å². The van der Waals surface area contributed by atoms with E-state index in [1.165, 1.54) is 14.2 Å². The average Bonchev–Trinajstić information content (AvgIpc) is 2.96. The molecule has 2 amide bonds. The molecular formula is C32H49N3O8. The van der Waals surface area contributed by atoms with Crippen molar-refractivity contribution in [3.05, 3.63) is 45.8 Å². The number of aliphatic hydroxyl groups excluding tert-OH is 1. The van der Waals surface area contributed by atoms with E-state index in [1.54, 1.807) is 39.8 Å². The molecule has 1 aliphatic rings. The van der Waals surface area contributed by atoms with Crippen LogP contribution in [0.15, 0.2) is 34.6 Å². The Morgan fingerprint density at radius 1 is 1.14 bits per heavy atom. The molecule has 0 spiro atoms. The zero-order chi connectivity index (χ0) is 32.4. The molecule has 0 radical (unpaired) electrons. The Morgan fingerprint density at radius 3 is 2.40 bits per heavy atom. The summed E-state index contributed by atoms with van der Waals surface area (Å²) in [6.07, 6.45) is 2.39. The highest BCUT2D eigenvalue weighted by atomic mass is 16.6. The molecule has 11 heteroatoms. The molecule has 2 rings (SSSR count). The molecule has 4 atom stereocenters. The number of aromatic hydroxyl groups is 2. The number of amides is 2. The smallest absolute Gasteiger partial charge is 0.409 e. The number of nitrogens with one attached hydrogen (secondary N) is 2. The van der Waals surface area contributed by atoms with Gasteiger partial charge in [0.2, 0.25) is 0 Å². The van der Waals surface area contributed by atoms with E-state index in [0.717, 1.165) is 6.42 Å². The molecule has 1 aromatic rings. The number of allylic oxidation sites excluding steroid dienone is 3. The van der Waals surface area contributed by atoms with Crippen molar-refractivity contribution in [2.24, 2.45) is 11.7 Å². The molecule has 240 valence electrons. The highest BCUT2D eigenvalue weighted by molar-refractivity contribution is 6.05. The Hall–Kier alpha value is -3.54. The topological polar surface area (TPSA) is 173 Å². The minimum absolute atomic E-state index is 0.0511. The van der Waals surface area contributed by atoms with Crippen LogP contribution in [0.4, 0.5) is 16.2 Å². The number of hydrogen-bond acceptors (Lipinski definition) is 9. The first-order valence-electron chi connectivity index (χ1n) is 14.7. The van der Waals surface area contributed by atoms with E-state index in [1.807, 2.05) is 13.8 Å². The summed E-state index contributed by atoms with van der Waals surface area (Å²) in [7, 11) is 2.99. The van der Waals surface area contributed by atoms with Gasteiger partial charge in [0.25, 0.3) is 5.91 Å². The molecule has 0 saturated carbocycles. The van der Waals surface area contributed by atoms with Crippen molar-refractivity contribution in [2.45, 2.75) is 92.0 Å². The first kappa shape index (κ1) is 35.7. The summed E-state index contributed by atoms with van der Waals surface area (Å²) in [5, 5.41) is 39.9. The number of nitrogens with two attached hydrogens (primary N) is 1. The van der Waals surface area contributed by atoms with Crippen molar-refractivity contribution in [3.8, 4) is 11.5 Å². The van der Waals surface area contributed by atoms with E-state index in [-0.39, 0.29) is 28.9 Å². The van der Waals surface area contributed by atoms with Crippen molar-refractivity contribution < 1.29 is 39.1 Å². The Morgan fingerprint density at radius 2 is 1.81 bits per heavy atom. The zero-order valence-electron chi connectivity index (χ0n) is 26.7. The number of phenolic OH excluding ortho intramolecular Hbond substituents is 2. The lowest BCUT2D eigenvalue weighted by Gasteiger charge is -2.27. The maximum Gasteiger partial charge on any atom is 0.409 e. The summed E-state index contributed by atoms with van der Waals surface area (Å²) >= 11 is 0. The van der Waals surface area contributed by atoms with E-state index in [0.29, 0.717) is 65.8 Å².